The quantitative estimate of drug-likeness (QED) is 0.370. The molecule has 1 heterocycles. The van der Waals surface area contributed by atoms with Crippen molar-refractivity contribution in [3.63, 3.8) is 0 Å². The summed E-state index contributed by atoms with van der Waals surface area (Å²) in [6.45, 7) is 6.74. The fourth-order valence-electron chi connectivity index (χ4n) is 3.66. The van der Waals surface area contributed by atoms with Crippen LogP contribution < -0.4 is 16.0 Å². The Morgan fingerprint density at radius 1 is 1.00 bits per heavy atom. The number of hydrogen-bond acceptors (Lipinski definition) is 6. The van der Waals surface area contributed by atoms with E-state index in [0.717, 1.165) is 11.1 Å². The Hall–Kier alpha value is -3.92. The topological polar surface area (TPSA) is 142 Å². The van der Waals surface area contributed by atoms with E-state index in [9.17, 15) is 24.0 Å². The van der Waals surface area contributed by atoms with E-state index in [4.69, 9.17) is 5.11 Å². The molecular weight excluding hydrogens is 494 g/mol. The maximum Gasteiger partial charge on any atom is 0.325 e. The lowest BCUT2D eigenvalue weighted by Gasteiger charge is -2.20. The highest BCUT2D eigenvalue weighted by atomic mass is 32.2. The summed E-state index contributed by atoms with van der Waals surface area (Å²) in [4.78, 5) is 61.4. The number of nitrogens with one attached hydrogen (secondary N) is 3. The standard InChI is InChI=1S/C27H29N3O6S/c1-14(2)22(30-16(4)31)26(34)28-13-18-10-8-17(9-11-18)12-21-23(32)19-6-5-7-20(24(19)37-21)25(33)29-15(3)27(35)36/h5-12,14-15,22H,13H2,1-4H3,(H,28,34)(H,29,33)(H,30,31)(H,35,36)/b21-12+/t15-,22-/m0/s1. The van der Waals surface area contributed by atoms with Crippen molar-refractivity contribution in [2.45, 2.75) is 51.2 Å². The predicted octanol–water partition coefficient (Wildman–Crippen LogP) is 3.00. The molecule has 3 rings (SSSR count). The maximum absolute atomic E-state index is 13.0. The SMILES string of the molecule is CC(=O)N[C@H](C(=O)NCc1ccc(/C=C2/Sc3c(C(=O)N[C@@H](C)C(=O)O)cccc3C2=O)cc1)C(C)C. The largest absolute Gasteiger partial charge is 0.480 e. The summed E-state index contributed by atoms with van der Waals surface area (Å²) in [5, 5.41) is 17.0. The molecule has 194 valence electrons. The van der Waals surface area contributed by atoms with Gasteiger partial charge in [0.1, 0.15) is 12.1 Å². The number of Topliss-reactive ketones (excluding diaryl/α,β-unsaturated/α-hetero) is 1. The molecule has 0 saturated heterocycles. The van der Waals surface area contributed by atoms with Gasteiger partial charge >= 0.3 is 5.97 Å². The molecule has 0 fully saturated rings. The second-order valence-corrected chi connectivity index (χ2v) is 10.1. The van der Waals surface area contributed by atoms with Crippen LogP contribution in [0, 0.1) is 5.92 Å². The summed E-state index contributed by atoms with van der Waals surface area (Å²) in [5.41, 5.74) is 2.26. The van der Waals surface area contributed by atoms with Crippen molar-refractivity contribution >= 4 is 47.3 Å². The Labute approximate surface area is 219 Å². The number of amides is 3. The lowest BCUT2D eigenvalue weighted by molar-refractivity contribution is -0.138. The molecule has 0 bridgehead atoms. The van der Waals surface area contributed by atoms with E-state index >= 15 is 0 Å². The Bertz CT molecular complexity index is 1270. The number of allylic oxidation sites excluding steroid dienone is 1. The Balaban J connectivity index is 1.69. The van der Waals surface area contributed by atoms with E-state index in [-0.39, 0.29) is 35.6 Å². The van der Waals surface area contributed by atoms with Gasteiger partial charge in [-0.15, -0.1) is 0 Å². The molecule has 1 aliphatic rings. The zero-order valence-electron chi connectivity index (χ0n) is 21.0. The fraction of sp³-hybridized carbons (Fsp3) is 0.296. The van der Waals surface area contributed by atoms with Crippen LogP contribution >= 0.6 is 11.8 Å². The smallest absolute Gasteiger partial charge is 0.325 e. The zero-order valence-corrected chi connectivity index (χ0v) is 21.8. The lowest BCUT2D eigenvalue weighted by Crippen LogP contribution is -2.48. The maximum atomic E-state index is 13.0. The minimum absolute atomic E-state index is 0.0596. The number of carbonyl (C=O) groups excluding carboxylic acids is 4. The highest BCUT2D eigenvalue weighted by Crippen LogP contribution is 2.43. The molecule has 10 heteroatoms. The van der Waals surface area contributed by atoms with Gasteiger partial charge in [0.15, 0.2) is 0 Å². The van der Waals surface area contributed by atoms with Crippen LogP contribution in [0.5, 0.6) is 0 Å². The molecule has 1 aliphatic heterocycles. The molecule has 4 N–H and O–H groups in total. The molecule has 2 atom stereocenters. The van der Waals surface area contributed by atoms with Gasteiger partial charge in [-0.2, -0.15) is 0 Å². The minimum atomic E-state index is -1.15. The van der Waals surface area contributed by atoms with Crippen molar-refractivity contribution in [2.75, 3.05) is 0 Å². The molecule has 0 aromatic heterocycles. The molecule has 0 aliphatic carbocycles. The number of carboxylic acids is 1. The fourth-order valence-corrected chi connectivity index (χ4v) is 4.82. The lowest BCUT2D eigenvalue weighted by atomic mass is 10.0. The molecule has 2 aromatic carbocycles. The number of hydrogen-bond donors (Lipinski definition) is 4. The first-order chi connectivity index (χ1) is 17.5. The number of fused-ring (bicyclic) bond motifs is 1. The van der Waals surface area contributed by atoms with Crippen LogP contribution in [0.25, 0.3) is 6.08 Å². The van der Waals surface area contributed by atoms with Gasteiger partial charge in [-0.25, -0.2) is 0 Å². The summed E-state index contributed by atoms with van der Waals surface area (Å²) >= 11 is 1.17. The molecule has 0 radical (unpaired) electrons. The van der Waals surface area contributed by atoms with Crippen molar-refractivity contribution in [1.82, 2.24) is 16.0 Å². The second-order valence-electron chi connectivity index (χ2n) is 9.04. The monoisotopic (exact) mass is 523 g/mol. The Morgan fingerprint density at radius 2 is 1.68 bits per heavy atom. The van der Waals surface area contributed by atoms with Crippen molar-refractivity contribution < 1.29 is 29.1 Å². The number of carboxylic acid groups (broad SMARTS) is 1. The summed E-state index contributed by atoms with van der Waals surface area (Å²) in [6, 6.07) is 10.4. The van der Waals surface area contributed by atoms with Crippen LogP contribution in [0.4, 0.5) is 0 Å². The predicted molar refractivity (Wildman–Crippen MR) is 140 cm³/mol. The second kappa shape index (κ2) is 11.9. The van der Waals surface area contributed by atoms with E-state index in [0.29, 0.717) is 15.4 Å². The zero-order chi connectivity index (χ0) is 27.3. The first-order valence-corrected chi connectivity index (χ1v) is 12.5. The molecule has 3 amide bonds. The summed E-state index contributed by atoms with van der Waals surface area (Å²) < 4.78 is 0. The van der Waals surface area contributed by atoms with E-state index < -0.39 is 24.0 Å². The molecular formula is C27H29N3O6S. The van der Waals surface area contributed by atoms with Gasteiger partial charge in [0.2, 0.25) is 17.6 Å². The first kappa shape index (κ1) is 27.7. The van der Waals surface area contributed by atoms with Crippen LogP contribution in [0.2, 0.25) is 0 Å². The Morgan fingerprint density at radius 3 is 2.27 bits per heavy atom. The number of carbonyl (C=O) groups is 5. The molecule has 2 aromatic rings. The van der Waals surface area contributed by atoms with Crippen LogP contribution in [0.3, 0.4) is 0 Å². The summed E-state index contributed by atoms with van der Waals surface area (Å²) in [6.07, 6.45) is 1.72. The normalized spacial score (nSPS) is 15.2. The number of aliphatic carboxylic acids is 1. The van der Waals surface area contributed by atoms with E-state index in [1.807, 2.05) is 38.1 Å². The number of rotatable bonds is 9. The van der Waals surface area contributed by atoms with Crippen molar-refractivity contribution in [2.24, 2.45) is 5.92 Å². The van der Waals surface area contributed by atoms with E-state index in [1.165, 1.54) is 25.6 Å². The molecule has 9 nitrogen and oxygen atoms in total. The van der Waals surface area contributed by atoms with Gasteiger partial charge < -0.3 is 21.1 Å². The van der Waals surface area contributed by atoms with Crippen LogP contribution in [0.15, 0.2) is 52.3 Å². The molecule has 37 heavy (non-hydrogen) atoms. The summed E-state index contributed by atoms with van der Waals surface area (Å²) in [7, 11) is 0. The van der Waals surface area contributed by atoms with Gasteiger partial charge in [0.25, 0.3) is 5.91 Å². The van der Waals surface area contributed by atoms with Crippen molar-refractivity contribution in [3.05, 3.63) is 69.6 Å². The van der Waals surface area contributed by atoms with Crippen LogP contribution in [-0.2, 0) is 20.9 Å². The van der Waals surface area contributed by atoms with Gasteiger partial charge in [-0.05, 0) is 42.2 Å². The average Bonchev–Trinajstić information content (AvgIpc) is 3.16. The first-order valence-electron chi connectivity index (χ1n) is 11.7. The van der Waals surface area contributed by atoms with Crippen molar-refractivity contribution in [3.8, 4) is 0 Å². The number of thioether (sulfide) groups is 1. The van der Waals surface area contributed by atoms with E-state index in [2.05, 4.69) is 16.0 Å². The van der Waals surface area contributed by atoms with Gasteiger partial charge in [0.05, 0.1) is 10.5 Å². The third-order valence-corrected chi connectivity index (χ3v) is 6.88. The van der Waals surface area contributed by atoms with Crippen LogP contribution in [-0.4, -0.2) is 46.7 Å². The highest BCUT2D eigenvalue weighted by Gasteiger charge is 2.30. The van der Waals surface area contributed by atoms with Crippen molar-refractivity contribution in [1.29, 1.82) is 0 Å². The molecule has 0 unspecified atom stereocenters. The number of benzene rings is 2. The summed E-state index contributed by atoms with van der Waals surface area (Å²) in [5.74, 6) is -2.51. The van der Waals surface area contributed by atoms with Crippen LogP contribution in [0.1, 0.15) is 59.5 Å². The molecule has 0 saturated carbocycles. The van der Waals surface area contributed by atoms with Gasteiger partial charge in [0, 0.05) is 23.9 Å². The number of ketones is 1. The van der Waals surface area contributed by atoms with Gasteiger partial charge in [-0.1, -0.05) is 55.9 Å². The third-order valence-electron chi connectivity index (χ3n) is 5.71. The van der Waals surface area contributed by atoms with E-state index in [1.54, 1.807) is 24.3 Å². The average molecular weight is 524 g/mol. The molecule has 0 spiro atoms. The van der Waals surface area contributed by atoms with Gasteiger partial charge in [-0.3, -0.25) is 24.0 Å². The minimum Gasteiger partial charge on any atom is -0.480 e. The highest BCUT2D eigenvalue weighted by molar-refractivity contribution is 8.05. The third kappa shape index (κ3) is 6.85. The Kier molecular flexibility index (Phi) is 8.88.